The summed E-state index contributed by atoms with van der Waals surface area (Å²) in [6.07, 6.45) is 1.25. The molecule has 5 N–H and O–H groups in total. The van der Waals surface area contributed by atoms with Crippen molar-refractivity contribution in [2.24, 2.45) is 5.73 Å². The van der Waals surface area contributed by atoms with Crippen molar-refractivity contribution >= 4 is 23.3 Å². The van der Waals surface area contributed by atoms with Gasteiger partial charge >= 0.3 is 12.6 Å². The summed E-state index contributed by atoms with van der Waals surface area (Å²) >= 11 is 0. The van der Waals surface area contributed by atoms with Crippen LogP contribution in [0.25, 0.3) is 11.3 Å². The molecule has 3 rings (SSSR count). The van der Waals surface area contributed by atoms with Crippen LogP contribution in [0.2, 0.25) is 0 Å². The fourth-order valence-electron chi connectivity index (χ4n) is 2.54. The minimum atomic E-state index is -2.99. The number of alkyl halides is 2. The van der Waals surface area contributed by atoms with Crippen LogP contribution in [0.3, 0.4) is 0 Å². The van der Waals surface area contributed by atoms with Crippen molar-refractivity contribution in [1.82, 2.24) is 10.2 Å². The van der Waals surface area contributed by atoms with Gasteiger partial charge in [-0.3, -0.25) is 9.89 Å². The first kappa shape index (κ1) is 19.7. The first-order chi connectivity index (χ1) is 13.8. The van der Waals surface area contributed by atoms with Crippen LogP contribution in [-0.2, 0) is 0 Å². The SMILES string of the molecule is NC(=O)Nc1cc(NC(=O)c2cn[nH]c2-c2cccc(OC(F)F)c2)ccc1F. The Morgan fingerprint density at radius 3 is 2.66 bits per heavy atom. The molecule has 0 aliphatic heterocycles. The molecule has 2 aromatic carbocycles. The topological polar surface area (TPSA) is 122 Å². The Labute approximate surface area is 161 Å². The monoisotopic (exact) mass is 405 g/mol. The number of rotatable bonds is 6. The number of halogens is 3. The highest BCUT2D eigenvalue weighted by Gasteiger charge is 2.17. The van der Waals surface area contributed by atoms with E-state index in [9.17, 15) is 22.8 Å². The lowest BCUT2D eigenvalue weighted by atomic mass is 10.1. The molecule has 0 saturated heterocycles. The first-order valence-electron chi connectivity index (χ1n) is 8.09. The van der Waals surface area contributed by atoms with Gasteiger partial charge in [0.2, 0.25) is 0 Å². The number of nitrogens with two attached hydrogens (primary N) is 1. The van der Waals surface area contributed by atoms with Crippen molar-refractivity contribution in [1.29, 1.82) is 0 Å². The molecule has 0 bridgehead atoms. The number of aromatic amines is 1. The summed E-state index contributed by atoms with van der Waals surface area (Å²) in [5.74, 6) is -1.42. The largest absolute Gasteiger partial charge is 0.435 e. The lowest BCUT2D eigenvalue weighted by molar-refractivity contribution is -0.0498. The first-order valence-corrected chi connectivity index (χ1v) is 8.09. The summed E-state index contributed by atoms with van der Waals surface area (Å²) in [7, 11) is 0. The quantitative estimate of drug-likeness (QED) is 0.501. The number of primary amides is 1. The van der Waals surface area contributed by atoms with Crippen molar-refractivity contribution in [3.05, 3.63) is 60.0 Å². The number of benzene rings is 2. The van der Waals surface area contributed by atoms with E-state index in [1.165, 1.54) is 36.5 Å². The van der Waals surface area contributed by atoms with Gasteiger partial charge in [0, 0.05) is 11.3 Å². The summed E-state index contributed by atoms with van der Waals surface area (Å²) in [4.78, 5) is 23.5. The molecule has 3 aromatic rings. The van der Waals surface area contributed by atoms with Crippen molar-refractivity contribution in [2.75, 3.05) is 10.6 Å². The Bertz CT molecular complexity index is 1050. The number of nitrogens with one attached hydrogen (secondary N) is 3. The maximum atomic E-state index is 13.7. The second kappa shape index (κ2) is 8.33. The van der Waals surface area contributed by atoms with E-state index in [1.807, 2.05) is 0 Å². The molecule has 1 heterocycles. The number of urea groups is 1. The molecule has 0 atom stereocenters. The summed E-state index contributed by atoms with van der Waals surface area (Å²) in [5, 5.41) is 11.1. The van der Waals surface area contributed by atoms with E-state index in [0.717, 1.165) is 6.07 Å². The predicted octanol–water partition coefficient (Wildman–Crippen LogP) is 3.56. The highest BCUT2D eigenvalue weighted by Crippen LogP contribution is 2.27. The maximum Gasteiger partial charge on any atom is 0.387 e. The smallest absolute Gasteiger partial charge is 0.387 e. The predicted molar refractivity (Wildman–Crippen MR) is 98.2 cm³/mol. The van der Waals surface area contributed by atoms with Crippen LogP contribution in [0.15, 0.2) is 48.7 Å². The molecule has 29 heavy (non-hydrogen) atoms. The molecule has 0 aliphatic rings. The Morgan fingerprint density at radius 2 is 1.93 bits per heavy atom. The molecule has 150 valence electrons. The Morgan fingerprint density at radius 1 is 1.14 bits per heavy atom. The highest BCUT2D eigenvalue weighted by molar-refractivity contribution is 6.08. The number of H-pyrrole nitrogens is 1. The number of aromatic nitrogens is 2. The van der Waals surface area contributed by atoms with Crippen LogP contribution in [0.5, 0.6) is 5.75 Å². The Balaban J connectivity index is 1.84. The van der Waals surface area contributed by atoms with E-state index >= 15 is 0 Å². The molecule has 8 nitrogen and oxygen atoms in total. The van der Waals surface area contributed by atoms with Crippen molar-refractivity contribution in [2.45, 2.75) is 6.61 Å². The van der Waals surface area contributed by atoms with Gasteiger partial charge in [-0.25, -0.2) is 9.18 Å². The van der Waals surface area contributed by atoms with E-state index in [4.69, 9.17) is 5.73 Å². The number of nitrogens with zero attached hydrogens (tertiary/aromatic N) is 1. The molecule has 0 spiro atoms. The molecule has 0 unspecified atom stereocenters. The molecule has 0 saturated carbocycles. The average Bonchev–Trinajstić information content (AvgIpc) is 3.14. The lowest BCUT2D eigenvalue weighted by Crippen LogP contribution is -2.20. The molecule has 0 fully saturated rings. The van der Waals surface area contributed by atoms with Crippen LogP contribution in [0, 0.1) is 5.82 Å². The number of hydrogen-bond donors (Lipinski definition) is 4. The third-order valence-electron chi connectivity index (χ3n) is 3.71. The molecule has 11 heteroatoms. The highest BCUT2D eigenvalue weighted by atomic mass is 19.3. The van der Waals surface area contributed by atoms with Gasteiger partial charge in [0.25, 0.3) is 5.91 Å². The standard InChI is InChI=1S/C18H14F3N5O3/c19-13-5-4-10(7-14(13)25-18(22)28)24-16(27)12-8-23-26-15(12)9-2-1-3-11(6-9)29-17(20)21/h1-8,17H,(H,23,26)(H,24,27)(H3,22,25,28). The van der Waals surface area contributed by atoms with Gasteiger partial charge < -0.3 is 21.1 Å². The van der Waals surface area contributed by atoms with Crippen LogP contribution in [0.1, 0.15) is 10.4 Å². The van der Waals surface area contributed by atoms with Gasteiger partial charge in [-0.05, 0) is 30.3 Å². The van der Waals surface area contributed by atoms with Gasteiger partial charge in [0.15, 0.2) is 0 Å². The number of amides is 3. The van der Waals surface area contributed by atoms with E-state index < -0.39 is 24.4 Å². The number of ether oxygens (including phenoxy) is 1. The van der Waals surface area contributed by atoms with Crippen LogP contribution in [-0.4, -0.2) is 28.7 Å². The summed E-state index contributed by atoms with van der Waals surface area (Å²) in [6, 6.07) is 8.29. The fourth-order valence-corrected chi connectivity index (χ4v) is 2.54. The zero-order valence-corrected chi connectivity index (χ0v) is 14.6. The van der Waals surface area contributed by atoms with Crippen LogP contribution < -0.4 is 21.1 Å². The lowest BCUT2D eigenvalue weighted by Gasteiger charge is -2.10. The molecular weight excluding hydrogens is 391 g/mol. The van der Waals surface area contributed by atoms with Gasteiger partial charge in [0.1, 0.15) is 11.6 Å². The van der Waals surface area contributed by atoms with E-state index in [0.29, 0.717) is 5.56 Å². The normalized spacial score (nSPS) is 10.6. The second-order valence-electron chi connectivity index (χ2n) is 5.70. The van der Waals surface area contributed by atoms with E-state index in [-0.39, 0.29) is 28.4 Å². The van der Waals surface area contributed by atoms with Crippen LogP contribution >= 0.6 is 0 Å². The van der Waals surface area contributed by atoms with Gasteiger partial charge in [-0.2, -0.15) is 13.9 Å². The minimum absolute atomic E-state index is 0.0841. The number of carbonyl (C=O) groups is 2. The maximum absolute atomic E-state index is 13.7. The third-order valence-corrected chi connectivity index (χ3v) is 3.71. The fraction of sp³-hybridized carbons (Fsp3) is 0.0556. The zero-order valence-electron chi connectivity index (χ0n) is 14.6. The molecule has 0 aliphatic carbocycles. The molecule has 3 amide bonds. The average molecular weight is 405 g/mol. The Kier molecular flexibility index (Phi) is 5.67. The second-order valence-corrected chi connectivity index (χ2v) is 5.70. The molecule has 1 aromatic heterocycles. The number of anilines is 2. The summed E-state index contributed by atoms with van der Waals surface area (Å²) in [5.41, 5.74) is 5.71. The van der Waals surface area contributed by atoms with E-state index in [2.05, 4.69) is 25.6 Å². The third kappa shape index (κ3) is 4.83. The van der Waals surface area contributed by atoms with Crippen molar-refractivity contribution in [3.63, 3.8) is 0 Å². The van der Waals surface area contributed by atoms with Crippen LogP contribution in [0.4, 0.5) is 29.3 Å². The minimum Gasteiger partial charge on any atom is -0.435 e. The summed E-state index contributed by atoms with van der Waals surface area (Å²) < 4.78 is 42.9. The van der Waals surface area contributed by atoms with Gasteiger partial charge in [-0.1, -0.05) is 12.1 Å². The number of hydrogen-bond acceptors (Lipinski definition) is 4. The van der Waals surface area contributed by atoms with Gasteiger partial charge in [0.05, 0.1) is 23.1 Å². The van der Waals surface area contributed by atoms with E-state index in [1.54, 1.807) is 6.07 Å². The molecular formula is C18H14F3N5O3. The zero-order chi connectivity index (χ0) is 21.0. The molecule has 0 radical (unpaired) electrons. The summed E-state index contributed by atoms with van der Waals surface area (Å²) in [6.45, 7) is -2.99. The Hall–Kier alpha value is -4.02. The van der Waals surface area contributed by atoms with Gasteiger partial charge in [-0.15, -0.1) is 0 Å². The van der Waals surface area contributed by atoms with Crippen molar-refractivity contribution in [3.8, 4) is 17.0 Å². The van der Waals surface area contributed by atoms with Crippen molar-refractivity contribution < 1.29 is 27.5 Å². The number of carbonyl (C=O) groups excluding carboxylic acids is 2.